The Kier molecular flexibility index (Phi) is 6.57. The van der Waals surface area contributed by atoms with Crippen LogP contribution >= 0.6 is 11.6 Å². The summed E-state index contributed by atoms with van der Waals surface area (Å²) in [6, 6.07) is 3.73. The lowest BCUT2D eigenvalue weighted by Gasteiger charge is -2.12. The van der Waals surface area contributed by atoms with Crippen molar-refractivity contribution >= 4 is 11.6 Å². The van der Waals surface area contributed by atoms with Crippen LogP contribution in [0.4, 0.5) is 0 Å². The van der Waals surface area contributed by atoms with Gasteiger partial charge in [-0.15, -0.1) is 0 Å². The minimum Gasteiger partial charge on any atom is -0.493 e. The molecule has 100 valence electrons. The van der Waals surface area contributed by atoms with Crippen molar-refractivity contribution in [3.63, 3.8) is 0 Å². The molecule has 0 unspecified atom stereocenters. The largest absolute Gasteiger partial charge is 0.493 e. The first-order valence-corrected chi connectivity index (χ1v) is 6.13. The van der Waals surface area contributed by atoms with E-state index in [0.717, 1.165) is 12.1 Å². The lowest BCUT2D eigenvalue weighted by atomic mass is 10.2. The number of hydrogen-bond acceptors (Lipinski definition) is 3. The summed E-state index contributed by atoms with van der Waals surface area (Å²) in [4.78, 5) is 0. The summed E-state index contributed by atoms with van der Waals surface area (Å²) in [6.45, 7) is 5.53. The molecule has 0 saturated carbocycles. The van der Waals surface area contributed by atoms with Crippen molar-refractivity contribution in [1.29, 1.82) is 0 Å². The molecule has 0 fully saturated rings. The zero-order chi connectivity index (χ0) is 13.4. The van der Waals surface area contributed by atoms with Crippen molar-refractivity contribution in [1.82, 2.24) is 0 Å². The highest BCUT2D eigenvalue weighted by atomic mass is 35.5. The van der Waals surface area contributed by atoms with Crippen LogP contribution in [-0.4, -0.2) is 32.0 Å². The quantitative estimate of drug-likeness (QED) is 0.548. The molecule has 0 atom stereocenters. The standard InChI is InChI=1S/C13H18ClNO3/c1-3-6-18-13-11(14)7-10(8-12(13)17-2)9-15-4-5-16/h3,7-8,15-16H,1,4-6,9H2,2H3/p+1. The molecule has 1 aromatic carbocycles. The average molecular weight is 273 g/mol. The summed E-state index contributed by atoms with van der Waals surface area (Å²) >= 11 is 6.16. The topological polar surface area (TPSA) is 55.3 Å². The molecule has 0 aliphatic heterocycles. The van der Waals surface area contributed by atoms with Gasteiger partial charge in [0.15, 0.2) is 11.5 Å². The van der Waals surface area contributed by atoms with E-state index in [9.17, 15) is 0 Å². The third-order valence-corrected chi connectivity index (χ3v) is 2.63. The molecule has 4 nitrogen and oxygen atoms in total. The van der Waals surface area contributed by atoms with Gasteiger partial charge in [0.05, 0.1) is 25.3 Å². The van der Waals surface area contributed by atoms with Crippen molar-refractivity contribution in [3.05, 3.63) is 35.4 Å². The molecular weight excluding hydrogens is 254 g/mol. The van der Waals surface area contributed by atoms with Crippen molar-refractivity contribution in [2.45, 2.75) is 6.54 Å². The Morgan fingerprint density at radius 1 is 1.50 bits per heavy atom. The first-order valence-electron chi connectivity index (χ1n) is 5.75. The van der Waals surface area contributed by atoms with Gasteiger partial charge in [-0.2, -0.15) is 0 Å². The number of benzene rings is 1. The van der Waals surface area contributed by atoms with Gasteiger partial charge in [0.1, 0.15) is 13.2 Å². The Labute approximate surface area is 112 Å². The molecule has 18 heavy (non-hydrogen) atoms. The number of nitrogens with two attached hydrogens (primary N) is 1. The lowest BCUT2D eigenvalue weighted by Crippen LogP contribution is -2.83. The fourth-order valence-corrected chi connectivity index (χ4v) is 1.82. The maximum Gasteiger partial charge on any atom is 0.180 e. The van der Waals surface area contributed by atoms with Crippen LogP contribution in [0.3, 0.4) is 0 Å². The van der Waals surface area contributed by atoms with Crippen LogP contribution in [0.1, 0.15) is 5.56 Å². The highest BCUT2D eigenvalue weighted by molar-refractivity contribution is 6.32. The third-order valence-electron chi connectivity index (χ3n) is 2.35. The second-order valence-electron chi connectivity index (χ2n) is 3.71. The lowest BCUT2D eigenvalue weighted by molar-refractivity contribution is -0.671. The van der Waals surface area contributed by atoms with Crippen molar-refractivity contribution in [2.24, 2.45) is 0 Å². The fraction of sp³-hybridized carbons (Fsp3) is 0.385. The van der Waals surface area contributed by atoms with Crippen LogP contribution in [0.25, 0.3) is 0 Å². The summed E-state index contributed by atoms with van der Waals surface area (Å²) in [5.41, 5.74) is 1.02. The van der Waals surface area contributed by atoms with E-state index in [4.69, 9.17) is 26.2 Å². The summed E-state index contributed by atoms with van der Waals surface area (Å²) in [6.07, 6.45) is 1.65. The number of halogens is 1. The van der Waals surface area contributed by atoms with Crippen LogP contribution in [0, 0.1) is 0 Å². The Bertz CT molecular complexity index is 396. The number of rotatable bonds is 8. The SMILES string of the molecule is C=CCOc1c(Cl)cc(C[NH2+]CCO)cc1OC. The van der Waals surface area contributed by atoms with E-state index in [1.54, 1.807) is 13.2 Å². The van der Waals surface area contributed by atoms with Crippen molar-refractivity contribution < 1.29 is 19.9 Å². The van der Waals surface area contributed by atoms with Crippen molar-refractivity contribution in [2.75, 3.05) is 26.9 Å². The van der Waals surface area contributed by atoms with Gasteiger partial charge in [-0.1, -0.05) is 24.3 Å². The van der Waals surface area contributed by atoms with Gasteiger partial charge in [-0.25, -0.2) is 0 Å². The van der Waals surface area contributed by atoms with Gasteiger partial charge in [0.25, 0.3) is 0 Å². The Morgan fingerprint density at radius 3 is 2.89 bits per heavy atom. The Hall–Kier alpha value is -1.23. The maximum atomic E-state index is 8.73. The predicted octanol–water partition coefficient (Wildman–Crippen LogP) is 0.969. The van der Waals surface area contributed by atoms with Gasteiger partial charge in [-0.05, 0) is 12.1 Å². The summed E-state index contributed by atoms with van der Waals surface area (Å²) in [7, 11) is 1.58. The molecule has 0 radical (unpaired) electrons. The second-order valence-corrected chi connectivity index (χ2v) is 4.12. The summed E-state index contributed by atoms with van der Waals surface area (Å²) in [5, 5.41) is 11.2. The van der Waals surface area contributed by atoms with E-state index in [2.05, 4.69) is 6.58 Å². The molecule has 1 aromatic rings. The monoisotopic (exact) mass is 272 g/mol. The highest BCUT2D eigenvalue weighted by Crippen LogP contribution is 2.36. The molecule has 0 aliphatic carbocycles. The van der Waals surface area contributed by atoms with Crippen LogP contribution in [0.15, 0.2) is 24.8 Å². The Morgan fingerprint density at radius 2 is 2.28 bits per heavy atom. The Balaban J connectivity index is 2.84. The molecular formula is C13H19ClNO3+. The van der Waals surface area contributed by atoms with Crippen LogP contribution in [-0.2, 0) is 6.54 Å². The van der Waals surface area contributed by atoms with Gasteiger partial charge in [0.2, 0.25) is 0 Å². The summed E-state index contributed by atoms with van der Waals surface area (Å²) in [5.74, 6) is 1.14. The average Bonchev–Trinajstić information content (AvgIpc) is 2.37. The maximum absolute atomic E-state index is 8.73. The second kappa shape index (κ2) is 7.97. The fourth-order valence-electron chi connectivity index (χ4n) is 1.53. The van der Waals surface area contributed by atoms with E-state index >= 15 is 0 Å². The molecule has 0 heterocycles. The zero-order valence-electron chi connectivity index (χ0n) is 10.5. The van der Waals surface area contributed by atoms with E-state index in [1.807, 2.05) is 17.4 Å². The molecule has 1 rings (SSSR count). The number of hydrogen-bond donors (Lipinski definition) is 2. The molecule has 3 N–H and O–H groups in total. The molecule has 0 saturated heterocycles. The van der Waals surface area contributed by atoms with Gasteiger partial charge in [-0.3, -0.25) is 0 Å². The van der Waals surface area contributed by atoms with E-state index in [1.165, 1.54) is 0 Å². The predicted molar refractivity (Wildman–Crippen MR) is 71.3 cm³/mol. The smallest absolute Gasteiger partial charge is 0.180 e. The number of quaternary nitrogens is 1. The normalized spacial score (nSPS) is 10.2. The molecule has 0 bridgehead atoms. The molecule has 0 spiro atoms. The van der Waals surface area contributed by atoms with Crippen LogP contribution in [0.5, 0.6) is 11.5 Å². The number of aliphatic hydroxyl groups is 1. The van der Waals surface area contributed by atoms with Gasteiger partial charge in [0, 0.05) is 5.56 Å². The highest BCUT2D eigenvalue weighted by Gasteiger charge is 2.12. The van der Waals surface area contributed by atoms with E-state index in [0.29, 0.717) is 29.7 Å². The third kappa shape index (κ3) is 4.22. The minimum absolute atomic E-state index is 0.158. The van der Waals surface area contributed by atoms with Crippen LogP contribution < -0.4 is 14.8 Å². The minimum atomic E-state index is 0.158. The summed E-state index contributed by atoms with van der Waals surface area (Å²) < 4.78 is 10.7. The molecule has 0 aromatic heterocycles. The van der Waals surface area contributed by atoms with Gasteiger partial charge >= 0.3 is 0 Å². The number of ether oxygens (including phenoxy) is 2. The first kappa shape index (κ1) is 14.8. The zero-order valence-corrected chi connectivity index (χ0v) is 11.2. The van der Waals surface area contributed by atoms with Crippen molar-refractivity contribution in [3.8, 4) is 11.5 Å². The molecule has 5 heteroatoms. The van der Waals surface area contributed by atoms with E-state index in [-0.39, 0.29) is 6.61 Å². The van der Waals surface area contributed by atoms with E-state index < -0.39 is 0 Å². The number of methoxy groups -OCH3 is 1. The van der Waals surface area contributed by atoms with Gasteiger partial charge < -0.3 is 19.9 Å². The molecule has 0 amide bonds. The van der Waals surface area contributed by atoms with Crippen LogP contribution in [0.2, 0.25) is 5.02 Å². The number of aliphatic hydroxyl groups excluding tert-OH is 1. The first-order chi connectivity index (χ1) is 8.72. The molecule has 0 aliphatic rings.